The third-order valence-electron chi connectivity index (χ3n) is 6.69. The van der Waals surface area contributed by atoms with Crippen LogP contribution in [-0.4, -0.2) is 52.9 Å². The number of nitrogens with zero attached hydrogens (tertiary/aromatic N) is 1. The van der Waals surface area contributed by atoms with Crippen LogP contribution in [0, 0.1) is 0 Å². The molecule has 0 aliphatic carbocycles. The maximum Gasteiger partial charge on any atom is 0.161 e. The molecular weight excluding hydrogens is 400 g/mol. The minimum absolute atomic E-state index is 0.0522. The highest BCUT2D eigenvalue weighted by Crippen LogP contribution is 2.41. The Bertz CT molecular complexity index is 908. The molecule has 5 nitrogen and oxygen atoms in total. The molecular formula is C27H40N2O3. The van der Waals surface area contributed by atoms with Gasteiger partial charge in [-0.2, -0.15) is 0 Å². The van der Waals surface area contributed by atoms with Crippen molar-refractivity contribution < 1.29 is 14.2 Å². The minimum Gasteiger partial charge on any atom is -0.496 e. The largest absolute Gasteiger partial charge is 0.496 e. The Morgan fingerprint density at radius 3 is 2.41 bits per heavy atom. The highest BCUT2D eigenvalue weighted by molar-refractivity contribution is 5.54. The molecule has 0 radical (unpaired) electrons. The second-order valence-corrected chi connectivity index (χ2v) is 9.54. The van der Waals surface area contributed by atoms with Crippen molar-refractivity contribution in [2.45, 2.75) is 51.5 Å². The summed E-state index contributed by atoms with van der Waals surface area (Å²) < 4.78 is 17.6. The summed E-state index contributed by atoms with van der Waals surface area (Å²) in [7, 11) is 7.63. The van der Waals surface area contributed by atoms with Crippen LogP contribution in [0.4, 0.5) is 0 Å². The van der Waals surface area contributed by atoms with Gasteiger partial charge in [-0.05, 0) is 79.7 Å². The van der Waals surface area contributed by atoms with Gasteiger partial charge in [0.2, 0.25) is 0 Å². The molecule has 0 bridgehead atoms. The lowest BCUT2D eigenvalue weighted by atomic mass is 9.80. The first-order chi connectivity index (χ1) is 15.3. The molecule has 2 aromatic carbocycles. The van der Waals surface area contributed by atoms with Crippen LogP contribution in [0.15, 0.2) is 30.3 Å². The fourth-order valence-corrected chi connectivity index (χ4v) is 4.26. The van der Waals surface area contributed by atoms with Crippen LogP contribution in [0.2, 0.25) is 0 Å². The van der Waals surface area contributed by atoms with E-state index in [1.165, 1.54) is 22.3 Å². The van der Waals surface area contributed by atoms with E-state index in [-0.39, 0.29) is 11.5 Å². The number of fused-ring (bicyclic) bond motifs is 1. The van der Waals surface area contributed by atoms with E-state index in [0.29, 0.717) is 6.61 Å². The van der Waals surface area contributed by atoms with Crippen molar-refractivity contribution in [1.82, 2.24) is 10.2 Å². The molecule has 0 spiro atoms. The summed E-state index contributed by atoms with van der Waals surface area (Å²) in [5.41, 5.74) is 5.16. The monoisotopic (exact) mass is 440 g/mol. The maximum absolute atomic E-state index is 6.17. The predicted molar refractivity (Wildman–Crippen MR) is 132 cm³/mol. The summed E-state index contributed by atoms with van der Waals surface area (Å²) >= 11 is 0. The molecule has 2 aromatic rings. The van der Waals surface area contributed by atoms with Gasteiger partial charge in [-0.15, -0.1) is 0 Å². The highest BCUT2D eigenvalue weighted by Gasteiger charge is 2.28. The summed E-state index contributed by atoms with van der Waals surface area (Å²) in [6, 6.07) is 11.0. The van der Waals surface area contributed by atoms with Crippen LogP contribution >= 0.6 is 0 Å². The van der Waals surface area contributed by atoms with E-state index < -0.39 is 0 Å². The molecule has 1 atom stereocenters. The van der Waals surface area contributed by atoms with Gasteiger partial charge in [-0.3, -0.25) is 0 Å². The fraction of sp³-hybridized carbons (Fsp3) is 0.556. The molecule has 1 aliphatic rings. The van der Waals surface area contributed by atoms with Crippen molar-refractivity contribution >= 4 is 0 Å². The quantitative estimate of drug-likeness (QED) is 0.529. The second kappa shape index (κ2) is 10.6. The van der Waals surface area contributed by atoms with Gasteiger partial charge in [0.1, 0.15) is 5.75 Å². The molecule has 1 aliphatic heterocycles. The van der Waals surface area contributed by atoms with Crippen molar-refractivity contribution in [2.24, 2.45) is 0 Å². The Hall–Kier alpha value is -2.24. The third kappa shape index (κ3) is 5.38. The molecule has 5 heteroatoms. The van der Waals surface area contributed by atoms with Gasteiger partial charge in [0.05, 0.1) is 26.9 Å². The standard InChI is InChI=1S/C27H40N2O3/c1-8-27(2,3)20-10-11-23(30-6)22(17-20)26-21-18-25(32-15-9-14-29(4)5)24(31-7)16-19(21)12-13-28-26/h10-11,16-18,26,28H,8-9,12-15H2,1-7H3. The zero-order valence-corrected chi connectivity index (χ0v) is 20.9. The Balaban J connectivity index is 2.00. The maximum atomic E-state index is 6.17. The number of hydrogen-bond donors (Lipinski definition) is 1. The first-order valence-electron chi connectivity index (χ1n) is 11.7. The van der Waals surface area contributed by atoms with E-state index in [1.54, 1.807) is 14.2 Å². The first kappa shape index (κ1) is 24.4. The van der Waals surface area contributed by atoms with E-state index >= 15 is 0 Å². The average molecular weight is 441 g/mol. The van der Waals surface area contributed by atoms with E-state index in [0.717, 1.165) is 49.6 Å². The van der Waals surface area contributed by atoms with Crippen molar-refractivity contribution in [3.05, 3.63) is 52.6 Å². The zero-order valence-electron chi connectivity index (χ0n) is 20.9. The van der Waals surface area contributed by atoms with E-state index in [2.05, 4.69) is 75.4 Å². The molecule has 0 aromatic heterocycles. The summed E-state index contributed by atoms with van der Waals surface area (Å²) in [5, 5.41) is 3.73. The normalized spacial score (nSPS) is 16.1. The minimum atomic E-state index is 0.0522. The molecule has 0 saturated heterocycles. The van der Waals surface area contributed by atoms with Crippen molar-refractivity contribution in [3.8, 4) is 17.2 Å². The van der Waals surface area contributed by atoms with Crippen LogP contribution in [0.3, 0.4) is 0 Å². The average Bonchev–Trinajstić information content (AvgIpc) is 2.80. The topological polar surface area (TPSA) is 43.0 Å². The summed E-state index contributed by atoms with van der Waals surface area (Å²) in [6.07, 6.45) is 3.01. The van der Waals surface area contributed by atoms with E-state index in [1.807, 2.05) is 0 Å². The van der Waals surface area contributed by atoms with E-state index in [9.17, 15) is 0 Å². The van der Waals surface area contributed by atoms with Crippen molar-refractivity contribution in [3.63, 3.8) is 0 Å². The van der Waals surface area contributed by atoms with Gasteiger partial charge >= 0.3 is 0 Å². The molecule has 0 fully saturated rings. The fourth-order valence-electron chi connectivity index (χ4n) is 4.26. The lowest BCUT2D eigenvalue weighted by molar-refractivity contribution is 0.267. The SMILES string of the molecule is CCC(C)(C)c1ccc(OC)c(C2NCCc3cc(OC)c(OCCCN(C)C)cc32)c1. The van der Waals surface area contributed by atoms with Gasteiger partial charge in [-0.25, -0.2) is 0 Å². The van der Waals surface area contributed by atoms with Crippen molar-refractivity contribution in [1.29, 1.82) is 0 Å². The summed E-state index contributed by atoms with van der Waals surface area (Å²) in [5.74, 6) is 2.53. The number of hydrogen-bond acceptors (Lipinski definition) is 5. The van der Waals surface area contributed by atoms with Crippen LogP contribution in [-0.2, 0) is 11.8 Å². The number of nitrogens with one attached hydrogen (secondary N) is 1. The zero-order chi connectivity index (χ0) is 23.3. The predicted octanol–water partition coefficient (Wildman–Crippen LogP) is 4.96. The van der Waals surface area contributed by atoms with Gasteiger partial charge in [0.15, 0.2) is 11.5 Å². The van der Waals surface area contributed by atoms with Crippen LogP contribution in [0.1, 0.15) is 61.9 Å². The molecule has 0 amide bonds. The molecule has 176 valence electrons. The Labute approximate surface area is 194 Å². The molecule has 1 heterocycles. The molecule has 3 rings (SSSR count). The van der Waals surface area contributed by atoms with Gasteiger partial charge in [0.25, 0.3) is 0 Å². The van der Waals surface area contributed by atoms with Crippen molar-refractivity contribution in [2.75, 3.05) is 48.0 Å². The number of benzene rings is 2. The van der Waals surface area contributed by atoms with E-state index in [4.69, 9.17) is 14.2 Å². The Morgan fingerprint density at radius 1 is 1.00 bits per heavy atom. The van der Waals surface area contributed by atoms with Gasteiger partial charge < -0.3 is 24.4 Å². The lowest BCUT2D eigenvalue weighted by Crippen LogP contribution is -2.31. The number of ether oxygens (including phenoxy) is 3. The molecule has 1 unspecified atom stereocenters. The van der Waals surface area contributed by atoms with Crippen LogP contribution < -0.4 is 19.5 Å². The third-order valence-corrected chi connectivity index (χ3v) is 6.69. The van der Waals surface area contributed by atoms with Gasteiger partial charge in [-0.1, -0.05) is 26.8 Å². The first-order valence-corrected chi connectivity index (χ1v) is 11.7. The smallest absolute Gasteiger partial charge is 0.161 e. The molecule has 0 saturated carbocycles. The molecule has 32 heavy (non-hydrogen) atoms. The second-order valence-electron chi connectivity index (χ2n) is 9.54. The summed E-state index contributed by atoms with van der Waals surface area (Å²) in [6.45, 7) is 9.40. The Kier molecular flexibility index (Phi) is 8.07. The lowest BCUT2D eigenvalue weighted by Gasteiger charge is -2.31. The van der Waals surface area contributed by atoms with Gasteiger partial charge in [0, 0.05) is 18.7 Å². The highest BCUT2D eigenvalue weighted by atomic mass is 16.5. The van der Waals surface area contributed by atoms with Crippen LogP contribution in [0.25, 0.3) is 0 Å². The molecule has 1 N–H and O–H groups in total. The Morgan fingerprint density at radius 2 is 1.75 bits per heavy atom. The number of methoxy groups -OCH3 is 2. The van der Waals surface area contributed by atoms with Crippen LogP contribution in [0.5, 0.6) is 17.2 Å². The summed E-state index contributed by atoms with van der Waals surface area (Å²) in [4.78, 5) is 2.17. The number of rotatable bonds is 10.